The van der Waals surface area contributed by atoms with Gasteiger partial charge in [-0.05, 0) is 50.5 Å². The molecular weight excluding hydrogens is 350 g/mol. The lowest BCUT2D eigenvalue weighted by Crippen LogP contribution is -2.47. The Bertz CT molecular complexity index is 819. The van der Waals surface area contributed by atoms with Gasteiger partial charge in [0.2, 0.25) is 0 Å². The molecule has 6 heteroatoms. The van der Waals surface area contributed by atoms with Gasteiger partial charge in [-0.25, -0.2) is 0 Å². The first kappa shape index (κ1) is 19.4. The van der Waals surface area contributed by atoms with Gasteiger partial charge >= 0.3 is 0 Å². The molecule has 0 amide bonds. The van der Waals surface area contributed by atoms with E-state index in [1.165, 1.54) is 52.1 Å². The summed E-state index contributed by atoms with van der Waals surface area (Å²) in [6.45, 7) is 11.4. The Hall–Kier alpha value is -1.89. The van der Waals surface area contributed by atoms with Crippen LogP contribution in [0.3, 0.4) is 0 Å². The van der Waals surface area contributed by atoms with Crippen molar-refractivity contribution < 1.29 is 0 Å². The maximum atomic E-state index is 12.3. The lowest BCUT2D eigenvalue weighted by Gasteiger charge is -2.36. The molecule has 0 radical (unpaired) electrons. The third-order valence-corrected chi connectivity index (χ3v) is 6.25. The predicted octanol–water partition coefficient (Wildman–Crippen LogP) is 1.68. The Labute approximate surface area is 167 Å². The zero-order valence-electron chi connectivity index (χ0n) is 17.1. The molecule has 0 spiro atoms. The van der Waals surface area contributed by atoms with E-state index in [-0.39, 0.29) is 5.56 Å². The van der Waals surface area contributed by atoms with E-state index < -0.39 is 0 Å². The second-order valence-corrected chi connectivity index (χ2v) is 8.25. The monoisotopic (exact) mass is 383 g/mol. The second-order valence-electron chi connectivity index (χ2n) is 8.25. The van der Waals surface area contributed by atoms with Gasteiger partial charge in [-0.1, -0.05) is 18.2 Å². The van der Waals surface area contributed by atoms with Crippen molar-refractivity contribution in [2.75, 3.05) is 77.4 Å². The molecule has 2 saturated heterocycles. The van der Waals surface area contributed by atoms with Gasteiger partial charge in [0.25, 0.3) is 5.56 Å². The average Bonchev–Trinajstić information content (AvgIpc) is 2.73. The van der Waals surface area contributed by atoms with Crippen LogP contribution in [0.4, 0.5) is 5.82 Å². The van der Waals surface area contributed by atoms with Crippen molar-refractivity contribution in [2.45, 2.75) is 12.8 Å². The molecular formula is C22H33N5O. The van der Waals surface area contributed by atoms with Crippen LogP contribution in [0.2, 0.25) is 0 Å². The summed E-state index contributed by atoms with van der Waals surface area (Å²) in [5.41, 5.74) is 0.0134. The Morgan fingerprint density at radius 2 is 1.46 bits per heavy atom. The molecule has 0 aliphatic carbocycles. The number of hydrogen-bond acceptors (Lipinski definition) is 5. The largest absolute Gasteiger partial charge is 0.356 e. The standard InChI is InChI=1S/C22H33N5O/c1-24-10-12-25(13-11-24)8-4-5-9-26-14-16-27(17-15-26)21-18-19-6-2-3-7-20(19)22(28)23-21/h2-3,6-7,18H,4-5,8-17H2,1H3,(H,23,28). The number of likely N-dealkylation sites (N-methyl/N-ethyl adjacent to an activating group) is 1. The topological polar surface area (TPSA) is 45.8 Å². The summed E-state index contributed by atoms with van der Waals surface area (Å²) < 4.78 is 0. The zero-order valence-corrected chi connectivity index (χ0v) is 17.1. The Kier molecular flexibility index (Phi) is 6.29. The molecule has 2 aliphatic heterocycles. The van der Waals surface area contributed by atoms with E-state index in [4.69, 9.17) is 0 Å². The van der Waals surface area contributed by atoms with Crippen LogP contribution in [0, 0.1) is 0 Å². The van der Waals surface area contributed by atoms with Crippen molar-refractivity contribution in [3.05, 3.63) is 40.7 Å². The van der Waals surface area contributed by atoms with Gasteiger partial charge in [-0.2, -0.15) is 0 Å². The third kappa shape index (κ3) is 4.74. The molecule has 4 rings (SSSR count). The molecule has 6 nitrogen and oxygen atoms in total. The molecule has 3 heterocycles. The molecule has 1 N–H and O–H groups in total. The highest BCUT2D eigenvalue weighted by atomic mass is 16.1. The van der Waals surface area contributed by atoms with E-state index in [0.29, 0.717) is 0 Å². The summed E-state index contributed by atoms with van der Waals surface area (Å²) in [6.07, 6.45) is 2.57. The number of nitrogens with one attached hydrogen (secondary N) is 1. The van der Waals surface area contributed by atoms with Crippen LogP contribution >= 0.6 is 0 Å². The third-order valence-electron chi connectivity index (χ3n) is 6.25. The maximum Gasteiger partial charge on any atom is 0.257 e. The lowest BCUT2D eigenvalue weighted by molar-refractivity contribution is 0.149. The van der Waals surface area contributed by atoms with E-state index in [9.17, 15) is 4.79 Å². The van der Waals surface area contributed by atoms with Crippen molar-refractivity contribution >= 4 is 16.6 Å². The highest BCUT2D eigenvalue weighted by Gasteiger charge is 2.18. The fraction of sp³-hybridized carbons (Fsp3) is 0.591. The van der Waals surface area contributed by atoms with E-state index in [1.54, 1.807) is 0 Å². The minimum Gasteiger partial charge on any atom is -0.356 e. The van der Waals surface area contributed by atoms with Gasteiger partial charge in [-0.15, -0.1) is 0 Å². The molecule has 0 bridgehead atoms. The minimum atomic E-state index is 0.0134. The highest BCUT2D eigenvalue weighted by molar-refractivity contribution is 5.83. The van der Waals surface area contributed by atoms with Crippen LogP contribution in [-0.2, 0) is 0 Å². The zero-order chi connectivity index (χ0) is 19.3. The van der Waals surface area contributed by atoms with Crippen molar-refractivity contribution in [1.29, 1.82) is 0 Å². The average molecular weight is 384 g/mol. The van der Waals surface area contributed by atoms with Crippen LogP contribution in [0.15, 0.2) is 35.1 Å². The van der Waals surface area contributed by atoms with E-state index in [0.717, 1.165) is 42.8 Å². The maximum absolute atomic E-state index is 12.3. The summed E-state index contributed by atoms with van der Waals surface area (Å²) in [5, 5.41) is 1.79. The fourth-order valence-corrected chi connectivity index (χ4v) is 4.32. The van der Waals surface area contributed by atoms with Crippen LogP contribution in [0.5, 0.6) is 0 Å². The predicted molar refractivity (Wildman–Crippen MR) is 116 cm³/mol. The van der Waals surface area contributed by atoms with Crippen molar-refractivity contribution in [3.8, 4) is 0 Å². The summed E-state index contributed by atoms with van der Waals surface area (Å²) in [7, 11) is 2.21. The van der Waals surface area contributed by atoms with Crippen LogP contribution in [0.1, 0.15) is 12.8 Å². The van der Waals surface area contributed by atoms with Gasteiger partial charge in [0.15, 0.2) is 0 Å². The number of hydrogen-bond donors (Lipinski definition) is 1. The number of H-pyrrole nitrogens is 1. The molecule has 28 heavy (non-hydrogen) atoms. The van der Waals surface area contributed by atoms with Crippen molar-refractivity contribution in [2.24, 2.45) is 0 Å². The van der Waals surface area contributed by atoms with Crippen LogP contribution in [-0.4, -0.2) is 92.2 Å². The number of fused-ring (bicyclic) bond motifs is 1. The smallest absolute Gasteiger partial charge is 0.257 e. The van der Waals surface area contributed by atoms with Gasteiger partial charge in [0.05, 0.1) is 0 Å². The number of rotatable bonds is 6. The van der Waals surface area contributed by atoms with Crippen molar-refractivity contribution in [1.82, 2.24) is 19.7 Å². The molecule has 0 unspecified atom stereocenters. The molecule has 0 atom stereocenters. The number of nitrogens with zero attached hydrogens (tertiary/aromatic N) is 4. The fourth-order valence-electron chi connectivity index (χ4n) is 4.32. The highest BCUT2D eigenvalue weighted by Crippen LogP contribution is 2.18. The van der Waals surface area contributed by atoms with Gasteiger partial charge in [0.1, 0.15) is 5.82 Å². The first-order valence-corrected chi connectivity index (χ1v) is 10.7. The van der Waals surface area contributed by atoms with E-state index in [1.807, 2.05) is 24.3 Å². The molecule has 2 aliphatic rings. The van der Waals surface area contributed by atoms with Gasteiger partial charge in [0, 0.05) is 57.7 Å². The minimum absolute atomic E-state index is 0.0134. The summed E-state index contributed by atoms with van der Waals surface area (Å²) in [4.78, 5) is 25.3. The van der Waals surface area contributed by atoms with Gasteiger partial charge in [-0.3, -0.25) is 9.69 Å². The molecule has 0 saturated carbocycles. The first-order valence-electron chi connectivity index (χ1n) is 10.7. The molecule has 2 fully saturated rings. The Balaban J connectivity index is 1.21. The second kappa shape index (κ2) is 9.07. The molecule has 152 valence electrons. The SMILES string of the molecule is CN1CCN(CCCCN2CCN(c3cc4ccccc4c(=O)[nH]3)CC2)CC1. The molecule has 1 aromatic carbocycles. The number of piperazine rings is 2. The van der Waals surface area contributed by atoms with E-state index >= 15 is 0 Å². The summed E-state index contributed by atoms with van der Waals surface area (Å²) >= 11 is 0. The number of pyridine rings is 1. The van der Waals surface area contributed by atoms with Gasteiger partial charge < -0.3 is 19.7 Å². The van der Waals surface area contributed by atoms with E-state index in [2.05, 4.69) is 37.7 Å². The summed E-state index contributed by atoms with van der Waals surface area (Å²) in [6, 6.07) is 9.93. The van der Waals surface area contributed by atoms with Crippen molar-refractivity contribution in [3.63, 3.8) is 0 Å². The Morgan fingerprint density at radius 1 is 0.857 bits per heavy atom. The number of aromatic amines is 1. The lowest BCUT2D eigenvalue weighted by atomic mass is 10.1. The first-order chi connectivity index (χ1) is 13.7. The number of aromatic nitrogens is 1. The normalized spacial score (nSPS) is 20.1. The van der Waals surface area contributed by atoms with Crippen LogP contribution < -0.4 is 10.5 Å². The van der Waals surface area contributed by atoms with Crippen LogP contribution in [0.25, 0.3) is 10.8 Å². The number of unbranched alkanes of at least 4 members (excludes halogenated alkanes) is 1. The quantitative estimate of drug-likeness (QED) is 0.769. The Morgan fingerprint density at radius 3 is 2.14 bits per heavy atom. The molecule has 2 aromatic rings. The summed E-state index contributed by atoms with van der Waals surface area (Å²) in [5.74, 6) is 0.957. The molecule has 1 aromatic heterocycles. The number of benzene rings is 1. The number of anilines is 1.